The Bertz CT molecular complexity index is 538. The van der Waals surface area contributed by atoms with Gasteiger partial charge in [0, 0.05) is 24.5 Å². The summed E-state index contributed by atoms with van der Waals surface area (Å²) in [6, 6.07) is 7.48. The summed E-state index contributed by atoms with van der Waals surface area (Å²) in [6.07, 6.45) is 6.79. The third-order valence-corrected chi connectivity index (χ3v) is 4.89. The molecule has 0 saturated heterocycles. The zero-order valence-corrected chi connectivity index (χ0v) is 15.1. The first kappa shape index (κ1) is 18.8. The van der Waals surface area contributed by atoms with E-state index in [0.717, 1.165) is 18.4 Å². The number of methoxy groups -OCH3 is 1. The molecule has 1 fully saturated rings. The SMILES string of the molecule is COC(=O)CCN(Cc1ccc(Cl)cc1)C(=O)CC1CCCCC1. The van der Waals surface area contributed by atoms with Gasteiger partial charge in [-0.15, -0.1) is 0 Å². The molecule has 0 heterocycles. The highest BCUT2D eigenvalue weighted by molar-refractivity contribution is 6.30. The number of carbonyl (C=O) groups excluding carboxylic acids is 2. The van der Waals surface area contributed by atoms with Crippen molar-refractivity contribution in [2.24, 2.45) is 5.92 Å². The topological polar surface area (TPSA) is 46.6 Å². The fourth-order valence-corrected chi connectivity index (χ4v) is 3.32. The molecule has 132 valence electrons. The van der Waals surface area contributed by atoms with Gasteiger partial charge in [-0.3, -0.25) is 9.59 Å². The molecule has 5 heteroatoms. The van der Waals surface area contributed by atoms with E-state index in [1.807, 2.05) is 24.3 Å². The molecule has 1 amide bonds. The first-order valence-electron chi connectivity index (χ1n) is 8.67. The van der Waals surface area contributed by atoms with E-state index in [1.54, 1.807) is 4.90 Å². The predicted octanol–water partition coefficient (Wildman–Crippen LogP) is 4.20. The third kappa shape index (κ3) is 6.16. The van der Waals surface area contributed by atoms with Crippen molar-refractivity contribution in [2.75, 3.05) is 13.7 Å². The van der Waals surface area contributed by atoms with E-state index in [9.17, 15) is 9.59 Å². The van der Waals surface area contributed by atoms with E-state index in [1.165, 1.54) is 26.4 Å². The van der Waals surface area contributed by atoms with Crippen molar-refractivity contribution in [1.29, 1.82) is 0 Å². The Hall–Kier alpha value is -1.55. The summed E-state index contributed by atoms with van der Waals surface area (Å²) in [5.41, 5.74) is 1.02. The Morgan fingerprint density at radius 1 is 1.17 bits per heavy atom. The second kappa shape index (κ2) is 9.67. The lowest BCUT2D eigenvalue weighted by atomic mass is 9.86. The molecule has 1 aromatic rings. The number of halogens is 1. The molecule has 2 rings (SSSR count). The van der Waals surface area contributed by atoms with Gasteiger partial charge in [-0.2, -0.15) is 0 Å². The van der Waals surface area contributed by atoms with Crippen LogP contribution in [0.4, 0.5) is 0 Å². The van der Waals surface area contributed by atoms with Crippen LogP contribution in [-0.2, 0) is 20.9 Å². The third-order valence-electron chi connectivity index (χ3n) is 4.64. The highest BCUT2D eigenvalue weighted by atomic mass is 35.5. The molecule has 0 radical (unpaired) electrons. The van der Waals surface area contributed by atoms with Crippen molar-refractivity contribution in [3.05, 3.63) is 34.9 Å². The van der Waals surface area contributed by atoms with Crippen LogP contribution in [0.5, 0.6) is 0 Å². The highest BCUT2D eigenvalue weighted by Gasteiger charge is 2.22. The number of benzene rings is 1. The summed E-state index contributed by atoms with van der Waals surface area (Å²) in [6.45, 7) is 0.889. The van der Waals surface area contributed by atoms with Crippen LogP contribution in [0.1, 0.15) is 50.5 Å². The summed E-state index contributed by atoms with van der Waals surface area (Å²) < 4.78 is 4.70. The van der Waals surface area contributed by atoms with Crippen molar-refractivity contribution >= 4 is 23.5 Å². The maximum atomic E-state index is 12.7. The minimum absolute atomic E-state index is 0.126. The lowest BCUT2D eigenvalue weighted by molar-refractivity contribution is -0.142. The van der Waals surface area contributed by atoms with Gasteiger partial charge in [0.25, 0.3) is 0 Å². The van der Waals surface area contributed by atoms with E-state index >= 15 is 0 Å². The van der Waals surface area contributed by atoms with Gasteiger partial charge in [0.15, 0.2) is 0 Å². The largest absolute Gasteiger partial charge is 0.469 e. The zero-order chi connectivity index (χ0) is 17.4. The standard InChI is InChI=1S/C19H26ClNO3/c1-24-19(23)11-12-21(14-16-7-9-17(20)10-8-16)18(22)13-15-5-3-2-4-6-15/h7-10,15H,2-6,11-14H2,1H3. The molecule has 0 bridgehead atoms. The number of esters is 1. The molecule has 0 N–H and O–H groups in total. The van der Waals surface area contributed by atoms with Crippen LogP contribution in [0.15, 0.2) is 24.3 Å². The van der Waals surface area contributed by atoms with Gasteiger partial charge >= 0.3 is 5.97 Å². The summed E-state index contributed by atoms with van der Waals surface area (Å²) >= 11 is 5.92. The zero-order valence-electron chi connectivity index (χ0n) is 14.3. The molecule has 0 atom stereocenters. The molecule has 24 heavy (non-hydrogen) atoms. The van der Waals surface area contributed by atoms with Gasteiger partial charge in [0.2, 0.25) is 5.91 Å². The number of hydrogen-bond donors (Lipinski definition) is 0. The average Bonchev–Trinajstić information content (AvgIpc) is 2.60. The fraction of sp³-hybridized carbons (Fsp3) is 0.579. The van der Waals surface area contributed by atoms with Gasteiger partial charge in [0.05, 0.1) is 13.5 Å². The molecule has 0 spiro atoms. The number of amides is 1. The highest BCUT2D eigenvalue weighted by Crippen LogP contribution is 2.27. The molecule has 0 unspecified atom stereocenters. The van der Waals surface area contributed by atoms with Crippen molar-refractivity contribution in [2.45, 2.75) is 51.5 Å². The Labute approximate surface area is 149 Å². The first-order chi connectivity index (χ1) is 11.6. The van der Waals surface area contributed by atoms with Crippen LogP contribution in [0.25, 0.3) is 0 Å². The summed E-state index contributed by atoms with van der Waals surface area (Å²) in [7, 11) is 1.37. The van der Waals surface area contributed by atoms with E-state index in [0.29, 0.717) is 30.5 Å². The fourth-order valence-electron chi connectivity index (χ4n) is 3.20. The van der Waals surface area contributed by atoms with Crippen LogP contribution >= 0.6 is 11.6 Å². The molecule has 1 aromatic carbocycles. The van der Waals surface area contributed by atoms with Gasteiger partial charge in [0.1, 0.15) is 0 Å². The Morgan fingerprint density at radius 3 is 2.46 bits per heavy atom. The summed E-state index contributed by atoms with van der Waals surface area (Å²) in [5, 5.41) is 0.674. The minimum atomic E-state index is -0.290. The van der Waals surface area contributed by atoms with Crippen molar-refractivity contribution in [1.82, 2.24) is 4.90 Å². The molecule has 1 aliphatic rings. The number of nitrogens with zero attached hydrogens (tertiary/aromatic N) is 1. The van der Waals surface area contributed by atoms with Gasteiger partial charge in [-0.1, -0.05) is 43.0 Å². The first-order valence-corrected chi connectivity index (χ1v) is 9.05. The minimum Gasteiger partial charge on any atom is -0.469 e. The van der Waals surface area contributed by atoms with Crippen molar-refractivity contribution < 1.29 is 14.3 Å². The molecule has 4 nitrogen and oxygen atoms in total. The molecule has 1 saturated carbocycles. The van der Waals surface area contributed by atoms with Crippen LogP contribution in [0, 0.1) is 5.92 Å². The second-order valence-corrected chi connectivity index (χ2v) is 6.91. The van der Waals surface area contributed by atoms with Crippen LogP contribution in [-0.4, -0.2) is 30.4 Å². The van der Waals surface area contributed by atoms with Gasteiger partial charge < -0.3 is 9.64 Å². The van der Waals surface area contributed by atoms with Crippen LogP contribution in [0.3, 0.4) is 0 Å². The molecular weight excluding hydrogens is 326 g/mol. The van der Waals surface area contributed by atoms with E-state index in [-0.39, 0.29) is 18.3 Å². The number of hydrogen-bond acceptors (Lipinski definition) is 3. The molecule has 0 aliphatic heterocycles. The lowest BCUT2D eigenvalue weighted by Crippen LogP contribution is -2.34. The number of carbonyl (C=O) groups is 2. The van der Waals surface area contributed by atoms with Gasteiger partial charge in [-0.05, 0) is 36.5 Å². The summed E-state index contributed by atoms with van der Waals surface area (Å²) in [4.78, 5) is 26.0. The maximum absolute atomic E-state index is 12.7. The predicted molar refractivity (Wildman–Crippen MR) is 94.7 cm³/mol. The molecule has 1 aliphatic carbocycles. The van der Waals surface area contributed by atoms with Crippen molar-refractivity contribution in [3.8, 4) is 0 Å². The van der Waals surface area contributed by atoms with Crippen LogP contribution < -0.4 is 0 Å². The van der Waals surface area contributed by atoms with Gasteiger partial charge in [-0.25, -0.2) is 0 Å². The smallest absolute Gasteiger partial charge is 0.307 e. The second-order valence-electron chi connectivity index (χ2n) is 6.48. The lowest BCUT2D eigenvalue weighted by Gasteiger charge is -2.27. The van der Waals surface area contributed by atoms with E-state index in [2.05, 4.69) is 0 Å². The van der Waals surface area contributed by atoms with Crippen LogP contribution in [0.2, 0.25) is 5.02 Å². The molecular formula is C19H26ClNO3. The average molecular weight is 352 g/mol. The maximum Gasteiger partial charge on any atom is 0.307 e. The number of ether oxygens (including phenoxy) is 1. The summed E-state index contributed by atoms with van der Waals surface area (Å²) in [5.74, 6) is 0.319. The Morgan fingerprint density at radius 2 is 1.83 bits per heavy atom. The number of rotatable bonds is 7. The van der Waals surface area contributed by atoms with E-state index in [4.69, 9.17) is 16.3 Å². The van der Waals surface area contributed by atoms with E-state index < -0.39 is 0 Å². The molecule has 0 aromatic heterocycles. The van der Waals surface area contributed by atoms with Crippen molar-refractivity contribution in [3.63, 3.8) is 0 Å². The quantitative estimate of drug-likeness (QED) is 0.691. The Balaban J connectivity index is 1.98. The Kier molecular flexibility index (Phi) is 7.57. The monoisotopic (exact) mass is 351 g/mol. The normalized spacial score (nSPS) is 15.1.